The maximum Gasteiger partial charge on any atom is 0.363 e. The highest BCUT2D eigenvalue weighted by molar-refractivity contribution is 5.67. The van der Waals surface area contributed by atoms with Crippen LogP contribution in [0.3, 0.4) is 0 Å². The van der Waals surface area contributed by atoms with Crippen LogP contribution in [0.15, 0.2) is 34.7 Å². The third-order valence-corrected chi connectivity index (χ3v) is 10.2. The van der Waals surface area contributed by atoms with Crippen molar-refractivity contribution >= 4 is 0 Å². The summed E-state index contributed by atoms with van der Waals surface area (Å²) >= 11 is 0. The molecule has 154 valence electrons. The molecule has 1 aromatic carbocycles. The second-order valence-electron chi connectivity index (χ2n) is 12.0. The molecule has 1 nitrogen and oxygen atoms in total. The van der Waals surface area contributed by atoms with Gasteiger partial charge >= 0.3 is 11.5 Å². The highest BCUT2D eigenvalue weighted by Gasteiger charge is 2.54. The summed E-state index contributed by atoms with van der Waals surface area (Å²) in [5.41, 5.74) is 6.65. The monoisotopic (exact) mass is 397 g/mol. The van der Waals surface area contributed by atoms with E-state index in [9.17, 15) is 0 Å². The van der Waals surface area contributed by atoms with Gasteiger partial charge in [-0.15, -0.1) is 0 Å². The van der Waals surface area contributed by atoms with Gasteiger partial charge in [0.2, 0.25) is 0 Å². The molecule has 1 aromatic heterocycles. The topological polar surface area (TPSA) is 11.3 Å². The molecule has 8 bridgehead atoms. The van der Waals surface area contributed by atoms with E-state index in [1.165, 1.54) is 81.3 Å². The summed E-state index contributed by atoms with van der Waals surface area (Å²) in [5, 5.41) is 0. The van der Waals surface area contributed by atoms with Gasteiger partial charge in [-0.3, -0.25) is 0 Å². The lowest BCUT2D eigenvalue weighted by Gasteiger charge is -2.39. The van der Waals surface area contributed by atoms with Gasteiger partial charge in [0.25, 0.3) is 0 Å². The van der Waals surface area contributed by atoms with Crippen molar-refractivity contribution in [3.8, 4) is 11.3 Å². The summed E-state index contributed by atoms with van der Waals surface area (Å²) in [7, 11) is 0. The molecule has 8 atom stereocenters. The van der Waals surface area contributed by atoms with Crippen molar-refractivity contribution in [3.05, 3.63) is 52.8 Å². The summed E-state index contributed by atoms with van der Waals surface area (Å²) in [6, 6.07) is 11.2. The molecule has 0 radical (unpaired) electrons. The second kappa shape index (κ2) is 5.99. The molecule has 4 unspecified atom stereocenters. The second-order valence-corrected chi connectivity index (χ2v) is 12.0. The Labute approximate surface area is 180 Å². The Hall–Kier alpha value is -1.63. The Balaban J connectivity index is 1.45. The van der Waals surface area contributed by atoms with Crippen LogP contribution in [-0.4, -0.2) is 0 Å². The van der Waals surface area contributed by atoms with Crippen LogP contribution in [0.1, 0.15) is 110 Å². The number of hydrogen-bond donors (Lipinski definition) is 0. The molecule has 1 heteroatoms. The van der Waals surface area contributed by atoms with Gasteiger partial charge in [-0.1, -0.05) is 18.2 Å². The lowest BCUT2D eigenvalue weighted by atomic mass is 9.66. The predicted octanol–water partition coefficient (Wildman–Crippen LogP) is 8.01. The lowest BCUT2D eigenvalue weighted by molar-refractivity contribution is 0.158. The first-order valence-corrected chi connectivity index (χ1v) is 12.9. The molecule has 4 saturated carbocycles. The number of rotatable bonds is 1. The minimum absolute atomic E-state index is 0.696. The first-order valence-electron chi connectivity index (χ1n) is 12.9. The molecule has 8 aliphatic carbocycles. The Morgan fingerprint density at radius 2 is 1.00 bits per heavy atom. The van der Waals surface area contributed by atoms with E-state index in [1.54, 1.807) is 11.1 Å². The molecule has 4 fully saturated rings. The number of benzene rings is 1. The fourth-order valence-corrected chi connectivity index (χ4v) is 9.62. The highest BCUT2D eigenvalue weighted by atomic mass is 16.3. The Morgan fingerprint density at radius 1 is 0.500 bits per heavy atom. The fourth-order valence-electron chi connectivity index (χ4n) is 9.62. The first-order chi connectivity index (χ1) is 14.8. The molecule has 1 heterocycles. The zero-order chi connectivity index (χ0) is 19.4. The molecule has 0 amide bonds. The van der Waals surface area contributed by atoms with E-state index in [0.29, 0.717) is 5.92 Å². The van der Waals surface area contributed by atoms with E-state index in [2.05, 4.69) is 30.3 Å². The fraction of sp³-hybridized carbons (Fsp3) is 0.621. The largest absolute Gasteiger partial charge is 0.363 e. The van der Waals surface area contributed by atoms with Gasteiger partial charge in [0, 0.05) is 0 Å². The zero-order valence-electron chi connectivity index (χ0n) is 18.0. The molecule has 8 aliphatic rings. The van der Waals surface area contributed by atoms with Gasteiger partial charge in [0.05, 0.1) is 22.6 Å². The Morgan fingerprint density at radius 3 is 1.60 bits per heavy atom. The van der Waals surface area contributed by atoms with Crippen molar-refractivity contribution in [1.29, 1.82) is 0 Å². The van der Waals surface area contributed by atoms with Gasteiger partial charge in [-0.25, -0.2) is 4.42 Å². The van der Waals surface area contributed by atoms with Gasteiger partial charge in [0.15, 0.2) is 0 Å². The normalized spacial score (nSPS) is 42.0. The van der Waals surface area contributed by atoms with Crippen molar-refractivity contribution in [2.24, 2.45) is 23.7 Å². The van der Waals surface area contributed by atoms with Crippen LogP contribution >= 0.6 is 0 Å². The maximum atomic E-state index is 7.16. The van der Waals surface area contributed by atoms with Crippen LogP contribution in [-0.2, 0) is 0 Å². The van der Waals surface area contributed by atoms with E-state index in [1.807, 2.05) is 5.56 Å². The molecular weight excluding hydrogens is 364 g/mol. The lowest BCUT2D eigenvalue weighted by Crippen LogP contribution is -2.26. The average Bonchev–Trinajstić information content (AvgIpc) is 3.04. The standard InChI is InChI=1S/C29H33O/c1-2-4-20(5-3-1)28-26-22-10-16-6-17(11-22)9-21(8-16)25(26)27-23-12-18-7-19(13-23)15-24(14-18)29(27)30-28/h1-5,16-19,21-24H,6-15H2/q+1/t16-,17+,18-,19+,21?,22?,23?,24?. The van der Waals surface area contributed by atoms with Crippen LogP contribution in [0.5, 0.6) is 0 Å². The van der Waals surface area contributed by atoms with Crippen LogP contribution in [0.2, 0.25) is 0 Å². The molecule has 10 rings (SSSR count). The molecule has 0 saturated heterocycles. The maximum absolute atomic E-state index is 7.16. The van der Waals surface area contributed by atoms with Crippen LogP contribution < -0.4 is 0 Å². The zero-order valence-corrected chi connectivity index (χ0v) is 18.0. The molecule has 0 spiro atoms. The van der Waals surface area contributed by atoms with E-state index < -0.39 is 0 Å². The van der Waals surface area contributed by atoms with Crippen LogP contribution in [0.4, 0.5) is 0 Å². The summed E-state index contributed by atoms with van der Waals surface area (Å²) in [6.45, 7) is 0. The Bertz CT molecular complexity index is 994. The van der Waals surface area contributed by atoms with Crippen LogP contribution in [0.25, 0.3) is 11.3 Å². The summed E-state index contributed by atoms with van der Waals surface area (Å²) in [5.74, 6) is 9.67. The highest BCUT2D eigenvalue weighted by Crippen LogP contribution is 2.64. The van der Waals surface area contributed by atoms with E-state index in [4.69, 9.17) is 4.42 Å². The van der Waals surface area contributed by atoms with E-state index in [0.717, 1.165) is 41.4 Å². The summed E-state index contributed by atoms with van der Waals surface area (Å²) in [4.78, 5) is 0. The summed E-state index contributed by atoms with van der Waals surface area (Å²) in [6.07, 6.45) is 14.5. The van der Waals surface area contributed by atoms with Crippen molar-refractivity contribution in [2.45, 2.75) is 87.9 Å². The van der Waals surface area contributed by atoms with Crippen molar-refractivity contribution in [2.75, 3.05) is 0 Å². The van der Waals surface area contributed by atoms with Crippen molar-refractivity contribution < 1.29 is 4.42 Å². The van der Waals surface area contributed by atoms with Gasteiger partial charge in [0.1, 0.15) is 0 Å². The Kier molecular flexibility index (Phi) is 3.39. The minimum Gasteiger partial charge on any atom is -0.211 e. The van der Waals surface area contributed by atoms with Gasteiger partial charge in [-0.2, -0.15) is 0 Å². The average molecular weight is 398 g/mol. The van der Waals surface area contributed by atoms with Gasteiger partial charge in [-0.05, 0) is 123 Å². The van der Waals surface area contributed by atoms with Crippen molar-refractivity contribution in [1.82, 2.24) is 0 Å². The SMILES string of the molecule is c1ccc(-c2[o+]c3c(c4c2C2C[C@@H]5CC4C[C@H](C2)C5)C2C[C@H]4CC3C[C@@H](C2)C4)cc1. The predicted molar refractivity (Wildman–Crippen MR) is 120 cm³/mol. The molecule has 30 heavy (non-hydrogen) atoms. The molecule has 0 aliphatic heterocycles. The van der Waals surface area contributed by atoms with Gasteiger partial charge < -0.3 is 0 Å². The smallest absolute Gasteiger partial charge is 0.211 e. The quantitative estimate of drug-likeness (QED) is 0.444. The van der Waals surface area contributed by atoms with Crippen molar-refractivity contribution in [3.63, 3.8) is 0 Å². The molecular formula is C29H33O+. The number of hydrogen-bond acceptors (Lipinski definition) is 0. The van der Waals surface area contributed by atoms with E-state index in [-0.39, 0.29) is 0 Å². The third-order valence-electron chi connectivity index (χ3n) is 10.2. The van der Waals surface area contributed by atoms with E-state index >= 15 is 0 Å². The molecule has 2 aromatic rings. The van der Waals surface area contributed by atoms with Crippen LogP contribution in [0, 0.1) is 23.7 Å². The first kappa shape index (κ1) is 17.0. The third kappa shape index (κ3) is 2.28. The summed E-state index contributed by atoms with van der Waals surface area (Å²) < 4.78 is 7.16. The molecule has 0 N–H and O–H groups in total. The minimum atomic E-state index is 0.696.